The molecule has 2 heterocycles. The monoisotopic (exact) mass is 407 g/mol. The van der Waals surface area contributed by atoms with Gasteiger partial charge in [-0.25, -0.2) is 4.68 Å². The molecule has 152 valence electrons. The highest BCUT2D eigenvalue weighted by atomic mass is 19.4. The van der Waals surface area contributed by atoms with Gasteiger partial charge in [0.05, 0.1) is 24.6 Å². The molecular weight excluding hydrogens is 391 g/mol. The third-order valence-corrected chi connectivity index (χ3v) is 4.13. The van der Waals surface area contributed by atoms with E-state index in [1.807, 2.05) is 0 Å². The van der Waals surface area contributed by atoms with Gasteiger partial charge in [0.1, 0.15) is 17.5 Å². The maximum atomic E-state index is 13.0. The Bertz CT molecular complexity index is 1080. The molecule has 1 unspecified atom stereocenters. The second kappa shape index (κ2) is 7.82. The number of furan rings is 1. The quantitative estimate of drug-likeness (QED) is 0.697. The predicted molar refractivity (Wildman–Crippen MR) is 97.5 cm³/mol. The minimum Gasteiger partial charge on any atom is -0.495 e. The van der Waals surface area contributed by atoms with Gasteiger partial charge < -0.3 is 14.5 Å². The van der Waals surface area contributed by atoms with E-state index in [1.165, 1.54) is 32.4 Å². The fraction of sp³-hybridized carbons (Fsp3) is 0.211. The number of methoxy groups -OCH3 is 1. The number of amides is 1. The van der Waals surface area contributed by atoms with Gasteiger partial charge >= 0.3 is 6.18 Å². The Hall–Kier alpha value is -3.56. The first-order chi connectivity index (χ1) is 13.7. The third-order valence-electron chi connectivity index (χ3n) is 4.13. The number of hydrogen-bond donors (Lipinski definition) is 1. The molecule has 0 fully saturated rings. The number of carbonyl (C=O) groups is 1. The summed E-state index contributed by atoms with van der Waals surface area (Å²) in [6, 6.07) is 7.53. The van der Waals surface area contributed by atoms with Gasteiger partial charge in [-0.15, -0.1) is 0 Å². The number of anilines is 1. The van der Waals surface area contributed by atoms with Gasteiger partial charge in [0, 0.05) is 6.07 Å². The minimum atomic E-state index is -4.59. The van der Waals surface area contributed by atoms with Gasteiger partial charge in [-0.2, -0.15) is 18.3 Å². The highest BCUT2D eigenvalue weighted by Crippen LogP contribution is 2.35. The molecule has 29 heavy (non-hydrogen) atoms. The third kappa shape index (κ3) is 4.31. The topological polar surface area (TPSA) is 86.4 Å². The van der Waals surface area contributed by atoms with Crippen molar-refractivity contribution in [2.75, 3.05) is 12.4 Å². The van der Waals surface area contributed by atoms with Crippen LogP contribution in [0, 0.1) is 0 Å². The van der Waals surface area contributed by atoms with E-state index in [1.54, 1.807) is 12.1 Å². The van der Waals surface area contributed by atoms with Crippen molar-refractivity contribution in [2.24, 2.45) is 0 Å². The zero-order valence-corrected chi connectivity index (χ0v) is 15.4. The molecule has 3 rings (SSSR count). The van der Waals surface area contributed by atoms with Crippen molar-refractivity contribution >= 4 is 11.6 Å². The molecule has 7 nitrogen and oxygen atoms in total. The molecular formula is C19H16F3N3O4. The Balaban J connectivity index is 1.90. The first-order valence-corrected chi connectivity index (χ1v) is 8.40. The predicted octanol–water partition coefficient (Wildman–Crippen LogP) is 3.73. The van der Waals surface area contributed by atoms with Crippen molar-refractivity contribution in [1.29, 1.82) is 0 Å². The lowest BCUT2D eigenvalue weighted by molar-refractivity contribution is -0.137. The number of carbonyl (C=O) groups excluding carboxylic acids is 1. The molecule has 0 radical (unpaired) electrons. The van der Waals surface area contributed by atoms with E-state index in [0.717, 1.165) is 22.9 Å². The number of aromatic nitrogens is 2. The van der Waals surface area contributed by atoms with Gasteiger partial charge in [-0.05, 0) is 43.3 Å². The van der Waals surface area contributed by atoms with Crippen LogP contribution in [0.1, 0.15) is 18.5 Å². The summed E-state index contributed by atoms with van der Waals surface area (Å²) in [5.74, 6) is -0.303. The summed E-state index contributed by atoms with van der Waals surface area (Å²) in [6.07, 6.45) is -3.16. The lowest BCUT2D eigenvalue weighted by Crippen LogP contribution is -2.33. The molecule has 0 saturated heterocycles. The summed E-state index contributed by atoms with van der Waals surface area (Å²) >= 11 is 0. The molecule has 10 heteroatoms. The standard InChI is InChI=1S/C19H16F3N3O4/c1-11(25-17(26)8-6-13(24-25)16-4-3-9-29-16)18(27)23-14-10-12(19(20,21)22)5-7-15(14)28-2/h3-11H,1-2H3,(H,23,27). The first kappa shape index (κ1) is 20.2. The van der Waals surface area contributed by atoms with Crippen LogP contribution in [0.15, 0.2) is 57.9 Å². The fourth-order valence-electron chi connectivity index (χ4n) is 2.59. The van der Waals surface area contributed by atoms with Crippen molar-refractivity contribution in [3.05, 3.63) is 64.6 Å². The molecule has 0 bridgehead atoms. The lowest BCUT2D eigenvalue weighted by Gasteiger charge is -2.17. The molecule has 0 spiro atoms. The molecule has 0 aliphatic heterocycles. The molecule has 2 aromatic heterocycles. The zero-order chi connectivity index (χ0) is 21.2. The number of nitrogens with one attached hydrogen (secondary N) is 1. The minimum absolute atomic E-state index is 0.0446. The van der Waals surface area contributed by atoms with Crippen LogP contribution >= 0.6 is 0 Å². The van der Waals surface area contributed by atoms with E-state index in [2.05, 4.69) is 10.4 Å². The highest BCUT2D eigenvalue weighted by molar-refractivity contribution is 5.94. The number of benzene rings is 1. The van der Waals surface area contributed by atoms with Crippen molar-refractivity contribution in [1.82, 2.24) is 9.78 Å². The van der Waals surface area contributed by atoms with Crippen LogP contribution in [0.3, 0.4) is 0 Å². The molecule has 1 N–H and O–H groups in total. The van der Waals surface area contributed by atoms with Crippen LogP contribution in [0.25, 0.3) is 11.5 Å². The Labute approximate surface area is 162 Å². The average molecular weight is 407 g/mol. The molecule has 1 amide bonds. The van der Waals surface area contributed by atoms with E-state index < -0.39 is 29.2 Å². The van der Waals surface area contributed by atoms with Crippen molar-refractivity contribution in [3.8, 4) is 17.2 Å². The smallest absolute Gasteiger partial charge is 0.416 e. The SMILES string of the molecule is COc1ccc(C(F)(F)F)cc1NC(=O)C(C)n1nc(-c2ccco2)ccc1=O. The van der Waals surface area contributed by atoms with E-state index in [9.17, 15) is 22.8 Å². The normalized spacial score (nSPS) is 12.4. The second-order valence-electron chi connectivity index (χ2n) is 6.06. The van der Waals surface area contributed by atoms with E-state index >= 15 is 0 Å². The molecule has 0 aliphatic carbocycles. The van der Waals surface area contributed by atoms with Crippen LogP contribution in [0.4, 0.5) is 18.9 Å². The van der Waals surface area contributed by atoms with E-state index in [4.69, 9.17) is 9.15 Å². The van der Waals surface area contributed by atoms with Crippen LogP contribution < -0.4 is 15.6 Å². The molecule has 0 saturated carbocycles. The average Bonchev–Trinajstić information content (AvgIpc) is 3.21. The molecule has 3 aromatic rings. The van der Waals surface area contributed by atoms with Crippen molar-refractivity contribution < 1.29 is 27.1 Å². The number of ether oxygens (including phenoxy) is 1. The maximum absolute atomic E-state index is 13.0. The first-order valence-electron chi connectivity index (χ1n) is 8.40. The Morgan fingerprint density at radius 1 is 1.24 bits per heavy atom. The Kier molecular flexibility index (Phi) is 5.44. The van der Waals surface area contributed by atoms with Crippen molar-refractivity contribution in [2.45, 2.75) is 19.1 Å². The van der Waals surface area contributed by atoms with E-state index in [-0.39, 0.29) is 11.4 Å². The van der Waals surface area contributed by atoms with Crippen LogP contribution in [0.2, 0.25) is 0 Å². The summed E-state index contributed by atoms with van der Waals surface area (Å²) in [5.41, 5.74) is -1.35. The summed E-state index contributed by atoms with van der Waals surface area (Å²) < 4.78 is 50.1. The van der Waals surface area contributed by atoms with Crippen LogP contribution in [-0.2, 0) is 11.0 Å². The highest BCUT2D eigenvalue weighted by Gasteiger charge is 2.31. The van der Waals surface area contributed by atoms with Gasteiger partial charge in [0.25, 0.3) is 5.56 Å². The number of hydrogen-bond acceptors (Lipinski definition) is 5. The lowest BCUT2D eigenvalue weighted by atomic mass is 10.1. The summed E-state index contributed by atoms with van der Waals surface area (Å²) in [5, 5.41) is 6.48. The molecule has 1 aromatic carbocycles. The van der Waals surface area contributed by atoms with Crippen LogP contribution in [0.5, 0.6) is 5.75 Å². The van der Waals surface area contributed by atoms with Gasteiger partial charge in [-0.1, -0.05) is 0 Å². The Morgan fingerprint density at radius 2 is 2.00 bits per heavy atom. The fourth-order valence-corrected chi connectivity index (χ4v) is 2.59. The summed E-state index contributed by atoms with van der Waals surface area (Å²) in [7, 11) is 1.26. The van der Waals surface area contributed by atoms with Gasteiger partial charge in [0.2, 0.25) is 5.91 Å². The van der Waals surface area contributed by atoms with E-state index in [0.29, 0.717) is 11.5 Å². The maximum Gasteiger partial charge on any atom is 0.416 e. The summed E-state index contributed by atoms with van der Waals surface area (Å²) in [4.78, 5) is 24.8. The van der Waals surface area contributed by atoms with Crippen LogP contribution in [-0.4, -0.2) is 22.8 Å². The summed E-state index contributed by atoms with van der Waals surface area (Å²) in [6.45, 7) is 1.40. The number of rotatable bonds is 5. The number of halogens is 3. The number of nitrogens with zero attached hydrogens (tertiary/aromatic N) is 2. The zero-order valence-electron chi connectivity index (χ0n) is 15.4. The van der Waals surface area contributed by atoms with Crippen molar-refractivity contribution in [3.63, 3.8) is 0 Å². The molecule has 1 atom stereocenters. The second-order valence-corrected chi connectivity index (χ2v) is 6.06. The Morgan fingerprint density at radius 3 is 2.62 bits per heavy atom. The largest absolute Gasteiger partial charge is 0.495 e. The van der Waals surface area contributed by atoms with Gasteiger partial charge in [-0.3, -0.25) is 9.59 Å². The van der Waals surface area contributed by atoms with Gasteiger partial charge in [0.15, 0.2) is 5.76 Å². The molecule has 0 aliphatic rings. The number of alkyl halides is 3.